The molecule has 2 aromatic rings. The normalized spacial score (nSPS) is 17.7. The lowest BCUT2D eigenvalue weighted by molar-refractivity contribution is -0.131. The zero-order valence-corrected chi connectivity index (χ0v) is 16.3. The van der Waals surface area contributed by atoms with Gasteiger partial charge < -0.3 is 9.84 Å². The summed E-state index contributed by atoms with van der Waals surface area (Å²) in [5, 5.41) is 8.80. The highest BCUT2D eigenvalue weighted by Gasteiger charge is 2.38. The van der Waals surface area contributed by atoms with E-state index in [1.54, 1.807) is 6.07 Å². The number of carboxylic acids is 1. The number of pyridine rings is 1. The highest BCUT2D eigenvalue weighted by molar-refractivity contribution is 5.85. The maximum atomic E-state index is 14.6. The van der Waals surface area contributed by atoms with E-state index in [9.17, 15) is 9.18 Å². The minimum atomic E-state index is -1.07. The van der Waals surface area contributed by atoms with Crippen LogP contribution in [0.15, 0.2) is 30.5 Å². The van der Waals surface area contributed by atoms with Crippen molar-refractivity contribution >= 4 is 12.0 Å². The van der Waals surface area contributed by atoms with Crippen molar-refractivity contribution in [3.05, 3.63) is 58.7 Å². The van der Waals surface area contributed by atoms with E-state index in [-0.39, 0.29) is 5.41 Å². The number of fused-ring (bicyclic) bond motifs is 1. The zero-order valence-electron chi connectivity index (χ0n) is 16.3. The molecule has 0 spiro atoms. The predicted octanol–water partition coefficient (Wildman–Crippen LogP) is 4.84. The number of aliphatic carboxylic acids is 1. The van der Waals surface area contributed by atoms with Crippen LogP contribution in [-0.4, -0.2) is 22.7 Å². The molecule has 0 fully saturated rings. The Bertz CT molecular complexity index is 945. The van der Waals surface area contributed by atoms with Crippen molar-refractivity contribution in [1.82, 2.24) is 4.98 Å². The van der Waals surface area contributed by atoms with Crippen LogP contribution in [0.25, 0.3) is 17.2 Å². The monoisotopic (exact) mass is 369 g/mol. The Labute approximate surface area is 158 Å². The first-order valence-corrected chi connectivity index (χ1v) is 8.88. The molecule has 4 nitrogen and oxygen atoms in total. The Morgan fingerprint density at radius 3 is 2.56 bits per heavy atom. The molecule has 0 amide bonds. The van der Waals surface area contributed by atoms with Gasteiger partial charge in [-0.3, -0.25) is 4.98 Å². The fourth-order valence-electron chi connectivity index (χ4n) is 3.48. The molecular weight excluding hydrogens is 345 g/mol. The number of hydrogen-bond donors (Lipinski definition) is 1. The summed E-state index contributed by atoms with van der Waals surface area (Å²) in [6.07, 6.45) is 3.49. The van der Waals surface area contributed by atoms with Crippen LogP contribution in [0, 0.1) is 12.7 Å². The predicted molar refractivity (Wildman–Crippen MR) is 103 cm³/mol. The van der Waals surface area contributed by atoms with Gasteiger partial charge in [0.2, 0.25) is 0 Å². The number of rotatable bonds is 3. The number of carboxylic acid groups (broad SMARTS) is 1. The van der Waals surface area contributed by atoms with Gasteiger partial charge >= 0.3 is 5.97 Å². The molecule has 1 aromatic heterocycles. The van der Waals surface area contributed by atoms with E-state index in [4.69, 9.17) is 9.84 Å². The number of ether oxygens (including phenoxy) is 1. The van der Waals surface area contributed by atoms with Gasteiger partial charge in [-0.2, -0.15) is 0 Å². The van der Waals surface area contributed by atoms with E-state index >= 15 is 0 Å². The third-order valence-corrected chi connectivity index (χ3v) is 5.10. The topological polar surface area (TPSA) is 59.4 Å². The molecule has 0 radical (unpaired) electrons. The molecule has 0 bridgehead atoms. The number of hydrogen-bond acceptors (Lipinski definition) is 3. The van der Waals surface area contributed by atoms with Crippen LogP contribution in [0.4, 0.5) is 4.39 Å². The minimum absolute atomic E-state index is 0.192. The molecule has 2 heterocycles. The standard InChI is InChI=1S/C22H24FNO3/c1-13-8-18-17(21(2,3)12-27-22(18,4)5)10-15(13)16-9-14(6-7-20(25)26)24-11-19(16)23/h6-11H,12H2,1-5H3,(H,25,26)/b7-6+. The van der Waals surface area contributed by atoms with Crippen LogP contribution in [0.2, 0.25) is 0 Å². The SMILES string of the molecule is Cc1cc2c(cc1-c1cc(/C=C/C(=O)O)ncc1F)C(C)(C)COC2(C)C. The Hall–Kier alpha value is -2.53. The van der Waals surface area contributed by atoms with Crippen molar-refractivity contribution in [2.24, 2.45) is 0 Å². The van der Waals surface area contributed by atoms with Crippen molar-refractivity contribution in [3.8, 4) is 11.1 Å². The van der Waals surface area contributed by atoms with Crippen molar-refractivity contribution in [1.29, 1.82) is 0 Å². The lowest BCUT2D eigenvalue weighted by Gasteiger charge is -2.42. The van der Waals surface area contributed by atoms with Crippen molar-refractivity contribution in [3.63, 3.8) is 0 Å². The second kappa shape index (κ2) is 6.57. The van der Waals surface area contributed by atoms with Gasteiger partial charge in [0.15, 0.2) is 0 Å². The average molecular weight is 369 g/mol. The van der Waals surface area contributed by atoms with Crippen LogP contribution in [0.1, 0.15) is 50.1 Å². The minimum Gasteiger partial charge on any atom is -0.478 e. The Morgan fingerprint density at radius 1 is 1.19 bits per heavy atom. The molecule has 0 aliphatic carbocycles. The van der Waals surface area contributed by atoms with Crippen LogP contribution < -0.4 is 0 Å². The molecule has 142 valence electrons. The Kier molecular flexibility index (Phi) is 4.68. The second-order valence-corrected chi connectivity index (χ2v) is 8.16. The zero-order chi connectivity index (χ0) is 20.0. The van der Waals surface area contributed by atoms with Gasteiger partial charge in [0.1, 0.15) is 5.82 Å². The van der Waals surface area contributed by atoms with E-state index in [0.29, 0.717) is 17.9 Å². The quantitative estimate of drug-likeness (QED) is 0.787. The first-order valence-electron chi connectivity index (χ1n) is 8.88. The van der Waals surface area contributed by atoms with Gasteiger partial charge in [-0.15, -0.1) is 0 Å². The van der Waals surface area contributed by atoms with Gasteiger partial charge in [0.05, 0.1) is 24.1 Å². The molecule has 0 saturated heterocycles. The fourth-order valence-corrected chi connectivity index (χ4v) is 3.48. The number of carbonyl (C=O) groups is 1. The molecular formula is C22H24FNO3. The third-order valence-electron chi connectivity index (χ3n) is 5.10. The molecule has 1 N–H and O–H groups in total. The number of halogens is 1. The van der Waals surface area contributed by atoms with E-state index in [1.807, 2.05) is 26.8 Å². The van der Waals surface area contributed by atoms with Crippen LogP contribution in [0.3, 0.4) is 0 Å². The summed E-state index contributed by atoms with van der Waals surface area (Å²) in [5.41, 5.74) is 4.18. The van der Waals surface area contributed by atoms with Gasteiger partial charge in [0, 0.05) is 17.1 Å². The fraction of sp³-hybridized carbons (Fsp3) is 0.364. The number of aryl methyl sites for hydroxylation is 1. The maximum absolute atomic E-state index is 14.6. The first kappa shape index (κ1) is 19.2. The summed E-state index contributed by atoms with van der Waals surface area (Å²) in [5.74, 6) is -1.51. The summed E-state index contributed by atoms with van der Waals surface area (Å²) in [6, 6.07) is 5.69. The molecule has 3 rings (SSSR count). The summed E-state index contributed by atoms with van der Waals surface area (Å²) >= 11 is 0. The summed E-state index contributed by atoms with van der Waals surface area (Å²) in [4.78, 5) is 14.7. The maximum Gasteiger partial charge on any atom is 0.328 e. The van der Waals surface area contributed by atoms with Crippen molar-refractivity contribution in [2.75, 3.05) is 6.61 Å². The molecule has 0 saturated carbocycles. The lowest BCUT2D eigenvalue weighted by atomic mass is 9.74. The molecule has 1 aromatic carbocycles. The first-order chi connectivity index (χ1) is 12.5. The van der Waals surface area contributed by atoms with Crippen molar-refractivity contribution in [2.45, 2.75) is 45.6 Å². The van der Waals surface area contributed by atoms with Crippen LogP contribution >= 0.6 is 0 Å². The van der Waals surface area contributed by atoms with E-state index < -0.39 is 17.4 Å². The van der Waals surface area contributed by atoms with E-state index in [2.05, 4.69) is 24.9 Å². The van der Waals surface area contributed by atoms with Gasteiger partial charge in [0.25, 0.3) is 0 Å². The number of benzene rings is 1. The van der Waals surface area contributed by atoms with Crippen LogP contribution in [0.5, 0.6) is 0 Å². The average Bonchev–Trinajstić information content (AvgIpc) is 2.58. The molecule has 1 aliphatic rings. The Balaban J connectivity index is 2.19. The van der Waals surface area contributed by atoms with Gasteiger partial charge in [-0.25, -0.2) is 9.18 Å². The molecule has 0 atom stereocenters. The molecule has 0 unspecified atom stereocenters. The molecule has 1 aliphatic heterocycles. The Morgan fingerprint density at radius 2 is 1.89 bits per heavy atom. The largest absolute Gasteiger partial charge is 0.478 e. The summed E-state index contributed by atoms with van der Waals surface area (Å²) < 4.78 is 20.6. The number of aromatic nitrogens is 1. The lowest BCUT2D eigenvalue weighted by Crippen LogP contribution is -2.40. The highest BCUT2D eigenvalue weighted by atomic mass is 19.1. The number of nitrogens with zero attached hydrogens (tertiary/aromatic N) is 1. The van der Waals surface area contributed by atoms with Crippen LogP contribution in [-0.2, 0) is 20.5 Å². The molecule has 27 heavy (non-hydrogen) atoms. The highest BCUT2D eigenvalue weighted by Crippen LogP contribution is 2.44. The summed E-state index contributed by atoms with van der Waals surface area (Å²) in [7, 11) is 0. The van der Waals surface area contributed by atoms with E-state index in [0.717, 1.165) is 34.5 Å². The van der Waals surface area contributed by atoms with E-state index in [1.165, 1.54) is 6.08 Å². The van der Waals surface area contributed by atoms with Gasteiger partial charge in [-0.05, 0) is 61.2 Å². The van der Waals surface area contributed by atoms with Gasteiger partial charge in [-0.1, -0.05) is 19.9 Å². The molecule has 5 heteroatoms. The third kappa shape index (κ3) is 3.65. The second-order valence-electron chi connectivity index (χ2n) is 8.16. The summed E-state index contributed by atoms with van der Waals surface area (Å²) in [6.45, 7) is 10.8. The van der Waals surface area contributed by atoms with Crippen molar-refractivity contribution < 1.29 is 19.0 Å². The smallest absolute Gasteiger partial charge is 0.328 e.